The molecule has 0 radical (unpaired) electrons. The Bertz CT molecular complexity index is 1190. The van der Waals surface area contributed by atoms with Crippen molar-refractivity contribution >= 4 is 28.2 Å². The maximum absolute atomic E-state index is 12.0. The number of hydrogen-bond acceptors (Lipinski definition) is 5. The molecule has 1 amide bonds. The minimum absolute atomic E-state index is 0.242. The molecule has 4 heterocycles. The summed E-state index contributed by atoms with van der Waals surface area (Å²) in [6.45, 7) is 5.29. The van der Waals surface area contributed by atoms with Crippen molar-refractivity contribution in [1.29, 1.82) is 0 Å². The zero-order chi connectivity index (χ0) is 20.8. The summed E-state index contributed by atoms with van der Waals surface area (Å²) in [4.78, 5) is 23.6. The molecule has 2 aromatic heterocycles. The van der Waals surface area contributed by atoms with Gasteiger partial charge in [0.2, 0.25) is 5.91 Å². The predicted octanol–water partition coefficient (Wildman–Crippen LogP) is 3.52. The lowest BCUT2D eigenvalue weighted by Gasteiger charge is -2.37. The van der Waals surface area contributed by atoms with E-state index in [1.165, 1.54) is 6.42 Å². The first-order valence-corrected chi connectivity index (χ1v) is 10.4. The molecule has 1 fully saturated rings. The molecular formula is C24H25N5O. The molecule has 0 spiro atoms. The van der Waals surface area contributed by atoms with E-state index >= 15 is 0 Å². The van der Waals surface area contributed by atoms with Crippen LogP contribution in [0.25, 0.3) is 22.3 Å². The molecule has 3 N–H and O–H groups in total. The Kier molecular flexibility index (Phi) is 4.42. The van der Waals surface area contributed by atoms with Crippen LogP contribution in [0.2, 0.25) is 0 Å². The van der Waals surface area contributed by atoms with Crippen LogP contribution in [-0.2, 0) is 0 Å². The topological polar surface area (TPSA) is 84.1 Å². The highest BCUT2D eigenvalue weighted by Crippen LogP contribution is 2.40. The lowest BCUT2D eigenvalue weighted by Crippen LogP contribution is -2.45. The molecule has 1 aromatic carbocycles. The van der Waals surface area contributed by atoms with Crippen molar-refractivity contribution in [3.63, 3.8) is 0 Å². The molecule has 2 atom stereocenters. The van der Waals surface area contributed by atoms with Crippen LogP contribution in [0.3, 0.4) is 0 Å². The maximum atomic E-state index is 12.0. The highest BCUT2D eigenvalue weighted by Gasteiger charge is 2.38. The third-order valence-electron chi connectivity index (χ3n) is 6.17. The number of aromatic nitrogens is 2. The smallest absolute Gasteiger partial charge is 0.249 e. The monoisotopic (exact) mass is 399 g/mol. The number of carbonyl (C=O) groups is 1. The first-order chi connectivity index (χ1) is 14.5. The number of hydrogen-bond donors (Lipinski definition) is 2. The van der Waals surface area contributed by atoms with Gasteiger partial charge in [-0.15, -0.1) is 0 Å². The Morgan fingerprint density at radius 3 is 2.90 bits per heavy atom. The van der Waals surface area contributed by atoms with E-state index < -0.39 is 5.91 Å². The standard InChI is InChI=1S/C24H25N5O/c1-14-5-4-12-29-22(21(28-24(14)29)20-7-3-6-15(2)27-20)16-8-9-19-18(13-16)17(23(25)30)10-11-26-19/h3,6-11,13-14,24,28H,4-5,12H2,1-2H3,(H2,25,30)/t14-,24?/m0/s1. The summed E-state index contributed by atoms with van der Waals surface area (Å²) in [6.07, 6.45) is 4.22. The van der Waals surface area contributed by atoms with Gasteiger partial charge in [0.05, 0.1) is 28.2 Å². The minimum Gasteiger partial charge on any atom is -0.366 e. The number of pyridine rings is 2. The van der Waals surface area contributed by atoms with E-state index in [0.29, 0.717) is 11.5 Å². The molecule has 30 heavy (non-hydrogen) atoms. The molecule has 2 aliphatic heterocycles. The molecule has 5 rings (SSSR count). The highest BCUT2D eigenvalue weighted by atomic mass is 16.1. The van der Waals surface area contributed by atoms with Crippen LogP contribution in [0.1, 0.15) is 47.1 Å². The third kappa shape index (κ3) is 3.00. The molecule has 6 nitrogen and oxygen atoms in total. The molecule has 3 aromatic rings. The molecule has 6 heteroatoms. The van der Waals surface area contributed by atoms with Gasteiger partial charge in [0.1, 0.15) is 6.17 Å². The number of aryl methyl sites for hydroxylation is 1. The fourth-order valence-electron chi connectivity index (χ4n) is 4.71. The van der Waals surface area contributed by atoms with E-state index in [0.717, 1.165) is 52.2 Å². The van der Waals surface area contributed by atoms with Crippen LogP contribution in [0.5, 0.6) is 0 Å². The summed E-state index contributed by atoms with van der Waals surface area (Å²) in [5.41, 5.74) is 12.0. The van der Waals surface area contributed by atoms with Crippen LogP contribution < -0.4 is 11.1 Å². The van der Waals surface area contributed by atoms with E-state index in [9.17, 15) is 4.79 Å². The number of rotatable bonds is 3. The van der Waals surface area contributed by atoms with E-state index in [2.05, 4.69) is 34.3 Å². The van der Waals surface area contributed by atoms with Crippen molar-refractivity contribution in [3.8, 4) is 0 Å². The Balaban J connectivity index is 1.73. The molecule has 2 aliphatic rings. The molecule has 1 unspecified atom stereocenters. The second kappa shape index (κ2) is 7.13. The van der Waals surface area contributed by atoms with Crippen LogP contribution in [0.4, 0.5) is 0 Å². The van der Waals surface area contributed by atoms with Crippen LogP contribution >= 0.6 is 0 Å². The van der Waals surface area contributed by atoms with Crippen LogP contribution in [0, 0.1) is 12.8 Å². The number of carbonyl (C=O) groups excluding carboxylic acids is 1. The number of nitrogens with zero attached hydrogens (tertiary/aromatic N) is 3. The van der Waals surface area contributed by atoms with Crippen LogP contribution in [-0.4, -0.2) is 33.5 Å². The number of nitrogens with two attached hydrogens (primary N) is 1. The third-order valence-corrected chi connectivity index (χ3v) is 6.17. The lowest BCUT2D eigenvalue weighted by molar-refractivity contribution is 0.100. The minimum atomic E-state index is -0.442. The van der Waals surface area contributed by atoms with Gasteiger partial charge in [-0.2, -0.15) is 0 Å². The van der Waals surface area contributed by atoms with E-state index in [1.54, 1.807) is 12.3 Å². The zero-order valence-corrected chi connectivity index (χ0v) is 17.2. The number of primary amides is 1. The Morgan fingerprint density at radius 1 is 1.23 bits per heavy atom. The van der Waals surface area contributed by atoms with Crippen molar-refractivity contribution < 1.29 is 4.79 Å². The van der Waals surface area contributed by atoms with Gasteiger partial charge in [-0.25, -0.2) is 0 Å². The van der Waals surface area contributed by atoms with Gasteiger partial charge in [-0.05, 0) is 56.0 Å². The van der Waals surface area contributed by atoms with Gasteiger partial charge in [0.15, 0.2) is 0 Å². The Morgan fingerprint density at radius 2 is 2.10 bits per heavy atom. The van der Waals surface area contributed by atoms with E-state index in [4.69, 9.17) is 10.7 Å². The van der Waals surface area contributed by atoms with Gasteiger partial charge < -0.3 is 16.0 Å². The van der Waals surface area contributed by atoms with Gasteiger partial charge in [0, 0.05) is 29.4 Å². The fourth-order valence-corrected chi connectivity index (χ4v) is 4.71. The summed E-state index contributed by atoms with van der Waals surface area (Å²) in [5, 5.41) is 4.53. The molecular weight excluding hydrogens is 374 g/mol. The van der Waals surface area contributed by atoms with Crippen molar-refractivity contribution in [2.24, 2.45) is 11.7 Å². The normalized spacial score (nSPS) is 20.9. The first kappa shape index (κ1) is 18.6. The first-order valence-electron chi connectivity index (χ1n) is 10.4. The number of benzene rings is 1. The van der Waals surface area contributed by atoms with Crippen molar-refractivity contribution in [1.82, 2.24) is 20.2 Å². The van der Waals surface area contributed by atoms with E-state index in [-0.39, 0.29) is 6.17 Å². The summed E-state index contributed by atoms with van der Waals surface area (Å²) in [6, 6.07) is 13.9. The summed E-state index contributed by atoms with van der Waals surface area (Å²) in [7, 11) is 0. The molecule has 1 saturated heterocycles. The molecule has 0 aliphatic carbocycles. The number of fused-ring (bicyclic) bond motifs is 2. The van der Waals surface area contributed by atoms with Crippen molar-refractivity contribution in [3.05, 3.63) is 71.2 Å². The van der Waals surface area contributed by atoms with Gasteiger partial charge in [0.25, 0.3) is 0 Å². The zero-order valence-electron chi connectivity index (χ0n) is 17.2. The fraction of sp³-hybridized carbons (Fsp3) is 0.292. The average molecular weight is 399 g/mol. The Labute approximate surface area is 175 Å². The maximum Gasteiger partial charge on any atom is 0.249 e. The largest absolute Gasteiger partial charge is 0.366 e. The van der Waals surface area contributed by atoms with Crippen molar-refractivity contribution in [2.75, 3.05) is 6.54 Å². The van der Waals surface area contributed by atoms with E-state index in [1.807, 2.05) is 31.2 Å². The van der Waals surface area contributed by atoms with Crippen molar-refractivity contribution in [2.45, 2.75) is 32.9 Å². The second-order valence-electron chi connectivity index (χ2n) is 8.24. The predicted molar refractivity (Wildman–Crippen MR) is 118 cm³/mol. The molecule has 0 bridgehead atoms. The van der Waals surface area contributed by atoms with Gasteiger partial charge >= 0.3 is 0 Å². The second-order valence-corrected chi connectivity index (χ2v) is 8.24. The molecule has 152 valence electrons. The average Bonchev–Trinajstić information content (AvgIpc) is 3.14. The quantitative estimate of drug-likeness (QED) is 0.704. The Hall–Kier alpha value is -3.41. The summed E-state index contributed by atoms with van der Waals surface area (Å²) in [5.74, 6) is 0.0856. The summed E-state index contributed by atoms with van der Waals surface area (Å²) >= 11 is 0. The highest BCUT2D eigenvalue weighted by molar-refractivity contribution is 6.06. The number of amides is 1. The lowest BCUT2D eigenvalue weighted by atomic mass is 9.95. The molecule has 0 saturated carbocycles. The van der Waals surface area contributed by atoms with Gasteiger partial charge in [-0.1, -0.05) is 19.1 Å². The van der Waals surface area contributed by atoms with Crippen LogP contribution in [0.15, 0.2) is 48.7 Å². The number of nitrogens with one attached hydrogen (secondary N) is 1. The SMILES string of the molecule is Cc1cccc(C2=C(c3ccc4nccc(C(N)=O)c4c3)N3CCC[C@H](C)C3N2)n1. The summed E-state index contributed by atoms with van der Waals surface area (Å²) < 4.78 is 0. The van der Waals surface area contributed by atoms with Gasteiger partial charge in [-0.3, -0.25) is 14.8 Å². The number of piperidine rings is 1.